The lowest BCUT2D eigenvalue weighted by molar-refractivity contribution is 0.632. The van der Waals surface area contributed by atoms with Crippen LogP contribution in [0.2, 0.25) is 0 Å². The normalized spacial score (nSPS) is 15.4. The Balaban J connectivity index is 1.59. The first-order valence-corrected chi connectivity index (χ1v) is 8.34. The van der Waals surface area contributed by atoms with Gasteiger partial charge in [0, 0.05) is 30.2 Å². The van der Waals surface area contributed by atoms with E-state index in [9.17, 15) is 0 Å². The number of allylic oxidation sites excluding steroid dienone is 1. The second-order valence-corrected chi connectivity index (χ2v) is 5.99. The summed E-state index contributed by atoms with van der Waals surface area (Å²) in [4.78, 5) is 0. The van der Waals surface area contributed by atoms with Crippen LogP contribution in [0.3, 0.4) is 0 Å². The third kappa shape index (κ3) is 3.38. The fraction of sp³-hybridized carbons (Fsp3) is 0.474. The molecule has 21 heavy (non-hydrogen) atoms. The first-order valence-electron chi connectivity index (χ1n) is 8.34. The minimum Gasteiger partial charge on any atom is -0.347 e. The first kappa shape index (κ1) is 14.4. The van der Waals surface area contributed by atoms with E-state index in [0.717, 1.165) is 19.6 Å². The van der Waals surface area contributed by atoms with Gasteiger partial charge in [0.05, 0.1) is 0 Å². The number of benzene rings is 1. The number of nitrogens with one attached hydrogen (secondary N) is 1. The summed E-state index contributed by atoms with van der Waals surface area (Å²) in [6.45, 7) is 5.31. The van der Waals surface area contributed by atoms with Gasteiger partial charge >= 0.3 is 0 Å². The second kappa shape index (κ2) is 6.95. The number of hydrogen-bond donors (Lipinski definition) is 1. The summed E-state index contributed by atoms with van der Waals surface area (Å²) in [7, 11) is 0. The maximum Gasteiger partial charge on any atom is 0.0483 e. The van der Waals surface area contributed by atoms with Crippen LogP contribution in [0.1, 0.15) is 44.6 Å². The van der Waals surface area contributed by atoms with Crippen molar-refractivity contribution in [1.82, 2.24) is 9.88 Å². The lowest BCUT2D eigenvalue weighted by Gasteiger charge is -2.12. The van der Waals surface area contributed by atoms with Crippen molar-refractivity contribution in [1.29, 1.82) is 0 Å². The van der Waals surface area contributed by atoms with E-state index in [1.54, 1.807) is 5.57 Å². The SMILES string of the molecule is CCn1cc(CNCCC2=CCCCC2)c2ccccc21. The molecule has 1 aromatic carbocycles. The molecule has 1 aliphatic carbocycles. The minimum absolute atomic E-state index is 0.973. The Kier molecular flexibility index (Phi) is 4.76. The summed E-state index contributed by atoms with van der Waals surface area (Å²) in [6, 6.07) is 8.72. The summed E-state index contributed by atoms with van der Waals surface area (Å²) in [5.41, 5.74) is 4.43. The standard InChI is InChI=1S/C19H26N2/c1-2-21-15-17(18-10-6-7-11-19(18)21)14-20-13-12-16-8-4-3-5-9-16/h6-8,10-11,15,20H,2-5,9,12-14H2,1H3. The Labute approximate surface area is 127 Å². The molecule has 0 spiro atoms. The van der Waals surface area contributed by atoms with Crippen LogP contribution in [-0.4, -0.2) is 11.1 Å². The monoisotopic (exact) mass is 282 g/mol. The highest BCUT2D eigenvalue weighted by Crippen LogP contribution is 2.22. The molecule has 2 heteroatoms. The van der Waals surface area contributed by atoms with E-state index >= 15 is 0 Å². The van der Waals surface area contributed by atoms with Crippen LogP contribution < -0.4 is 5.32 Å². The van der Waals surface area contributed by atoms with Gasteiger partial charge in [-0.1, -0.05) is 29.8 Å². The van der Waals surface area contributed by atoms with Crippen LogP contribution in [0.5, 0.6) is 0 Å². The topological polar surface area (TPSA) is 17.0 Å². The summed E-state index contributed by atoms with van der Waals surface area (Å²) in [5, 5.41) is 5.02. The number of fused-ring (bicyclic) bond motifs is 1. The van der Waals surface area contributed by atoms with Gasteiger partial charge in [0.2, 0.25) is 0 Å². The molecule has 0 unspecified atom stereocenters. The van der Waals surface area contributed by atoms with Crippen LogP contribution in [0.4, 0.5) is 0 Å². The molecule has 1 aromatic heterocycles. The zero-order valence-electron chi connectivity index (χ0n) is 13.1. The Morgan fingerprint density at radius 1 is 1.19 bits per heavy atom. The van der Waals surface area contributed by atoms with E-state index in [2.05, 4.69) is 53.3 Å². The van der Waals surface area contributed by atoms with Crippen molar-refractivity contribution in [2.45, 2.75) is 52.1 Å². The zero-order valence-corrected chi connectivity index (χ0v) is 13.1. The van der Waals surface area contributed by atoms with Crippen LogP contribution in [0.15, 0.2) is 42.1 Å². The molecule has 0 saturated carbocycles. The molecule has 1 N–H and O–H groups in total. The fourth-order valence-electron chi connectivity index (χ4n) is 3.33. The maximum absolute atomic E-state index is 3.62. The molecule has 0 saturated heterocycles. The molecular weight excluding hydrogens is 256 g/mol. The second-order valence-electron chi connectivity index (χ2n) is 5.99. The average Bonchev–Trinajstić information content (AvgIpc) is 2.91. The van der Waals surface area contributed by atoms with E-state index in [4.69, 9.17) is 0 Å². The number of hydrogen-bond acceptors (Lipinski definition) is 1. The van der Waals surface area contributed by atoms with E-state index < -0.39 is 0 Å². The van der Waals surface area contributed by atoms with Gasteiger partial charge in [-0.05, 0) is 57.2 Å². The van der Waals surface area contributed by atoms with Crippen LogP contribution in [0, 0.1) is 0 Å². The van der Waals surface area contributed by atoms with Crippen molar-refractivity contribution < 1.29 is 0 Å². The summed E-state index contributed by atoms with van der Waals surface area (Å²) < 4.78 is 2.34. The van der Waals surface area contributed by atoms with Crippen LogP contribution in [-0.2, 0) is 13.1 Å². The van der Waals surface area contributed by atoms with Gasteiger partial charge in [0.1, 0.15) is 0 Å². The van der Waals surface area contributed by atoms with Gasteiger partial charge in [0.25, 0.3) is 0 Å². The van der Waals surface area contributed by atoms with E-state index in [1.807, 2.05) is 0 Å². The molecule has 0 radical (unpaired) electrons. The fourth-order valence-corrected chi connectivity index (χ4v) is 3.33. The lowest BCUT2D eigenvalue weighted by Crippen LogP contribution is -2.15. The van der Waals surface area contributed by atoms with Crippen molar-refractivity contribution in [2.75, 3.05) is 6.54 Å². The number of para-hydroxylation sites is 1. The molecule has 1 aliphatic rings. The van der Waals surface area contributed by atoms with Crippen LogP contribution >= 0.6 is 0 Å². The molecule has 0 aliphatic heterocycles. The molecule has 0 fully saturated rings. The van der Waals surface area contributed by atoms with E-state index in [-0.39, 0.29) is 0 Å². The Morgan fingerprint density at radius 2 is 2.10 bits per heavy atom. The molecule has 1 heterocycles. The van der Waals surface area contributed by atoms with Gasteiger partial charge in [-0.15, -0.1) is 0 Å². The molecule has 0 bridgehead atoms. The largest absolute Gasteiger partial charge is 0.347 e. The van der Waals surface area contributed by atoms with Gasteiger partial charge < -0.3 is 9.88 Å². The van der Waals surface area contributed by atoms with Gasteiger partial charge in [-0.3, -0.25) is 0 Å². The Bertz CT molecular complexity index is 622. The third-order valence-electron chi connectivity index (χ3n) is 4.54. The van der Waals surface area contributed by atoms with Crippen molar-refractivity contribution in [3.8, 4) is 0 Å². The average molecular weight is 282 g/mol. The molecule has 112 valence electrons. The number of rotatable bonds is 6. The molecule has 3 rings (SSSR count). The van der Waals surface area contributed by atoms with E-state index in [1.165, 1.54) is 48.6 Å². The van der Waals surface area contributed by atoms with E-state index in [0.29, 0.717) is 0 Å². The predicted molar refractivity (Wildman–Crippen MR) is 90.5 cm³/mol. The van der Waals surface area contributed by atoms with Crippen molar-refractivity contribution in [3.05, 3.63) is 47.7 Å². The van der Waals surface area contributed by atoms with Gasteiger partial charge in [-0.2, -0.15) is 0 Å². The molecular formula is C19H26N2. The highest BCUT2D eigenvalue weighted by Gasteiger charge is 2.07. The summed E-state index contributed by atoms with van der Waals surface area (Å²) in [5.74, 6) is 0. The van der Waals surface area contributed by atoms with Crippen molar-refractivity contribution in [2.24, 2.45) is 0 Å². The summed E-state index contributed by atoms with van der Waals surface area (Å²) in [6.07, 6.45) is 11.3. The molecule has 0 amide bonds. The molecule has 2 nitrogen and oxygen atoms in total. The molecule has 2 aromatic rings. The maximum atomic E-state index is 3.62. The molecule has 0 atom stereocenters. The highest BCUT2D eigenvalue weighted by molar-refractivity contribution is 5.83. The summed E-state index contributed by atoms with van der Waals surface area (Å²) >= 11 is 0. The minimum atomic E-state index is 0.973. The number of aryl methyl sites for hydroxylation is 1. The quantitative estimate of drug-likeness (QED) is 0.603. The predicted octanol–water partition coefficient (Wildman–Crippen LogP) is 4.64. The van der Waals surface area contributed by atoms with Crippen molar-refractivity contribution in [3.63, 3.8) is 0 Å². The number of nitrogens with zero attached hydrogens (tertiary/aromatic N) is 1. The smallest absolute Gasteiger partial charge is 0.0483 e. The number of aromatic nitrogens is 1. The Hall–Kier alpha value is -1.54. The zero-order chi connectivity index (χ0) is 14.5. The van der Waals surface area contributed by atoms with Crippen LogP contribution in [0.25, 0.3) is 10.9 Å². The Morgan fingerprint density at radius 3 is 2.90 bits per heavy atom. The first-order chi connectivity index (χ1) is 10.4. The third-order valence-corrected chi connectivity index (χ3v) is 4.54. The highest BCUT2D eigenvalue weighted by atomic mass is 15.0. The van der Waals surface area contributed by atoms with Gasteiger partial charge in [-0.25, -0.2) is 0 Å². The van der Waals surface area contributed by atoms with Gasteiger partial charge in [0.15, 0.2) is 0 Å². The van der Waals surface area contributed by atoms with Crippen molar-refractivity contribution >= 4 is 10.9 Å². The lowest BCUT2D eigenvalue weighted by atomic mass is 9.97.